The van der Waals surface area contributed by atoms with Gasteiger partial charge < -0.3 is 4.57 Å². The Morgan fingerprint density at radius 3 is 2.35 bits per heavy atom. The standard InChI is InChI=1S/C20H21N3O2S/c1-13-7-9-14(10-8-13)23-18(25)16(17(24)21-19(23)26)12-15-6-5-11-22(15)20(2,3)4/h5-12H,1-4H3,(H,21,24,26)/b16-12+. The zero-order chi connectivity index (χ0) is 19.1. The Balaban J connectivity index is 2.04. The molecular weight excluding hydrogens is 346 g/mol. The number of nitrogens with zero attached hydrogens (tertiary/aromatic N) is 2. The molecule has 0 aliphatic carbocycles. The molecule has 1 aromatic carbocycles. The lowest BCUT2D eigenvalue weighted by atomic mass is 10.1. The Labute approximate surface area is 158 Å². The lowest BCUT2D eigenvalue weighted by Crippen LogP contribution is -2.54. The van der Waals surface area contributed by atoms with Crippen LogP contribution in [-0.4, -0.2) is 21.5 Å². The van der Waals surface area contributed by atoms with Gasteiger partial charge in [-0.25, -0.2) is 0 Å². The summed E-state index contributed by atoms with van der Waals surface area (Å²) in [5.74, 6) is -0.908. The number of aromatic nitrogens is 1. The molecule has 6 heteroatoms. The molecule has 2 heterocycles. The molecule has 1 saturated heterocycles. The van der Waals surface area contributed by atoms with Crippen LogP contribution in [-0.2, 0) is 15.1 Å². The highest BCUT2D eigenvalue weighted by Crippen LogP contribution is 2.24. The summed E-state index contributed by atoms with van der Waals surface area (Å²) in [5, 5.41) is 2.70. The second kappa shape index (κ2) is 6.53. The van der Waals surface area contributed by atoms with Crippen molar-refractivity contribution < 1.29 is 9.59 Å². The first-order valence-electron chi connectivity index (χ1n) is 8.34. The van der Waals surface area contributed by atoms with Crippen LogP contribution in [0.3, 0.4) is 0 Å². The van der Waals surface area contributed by atoms with E-state index in [1.54, 1.807) is 6.08 Å². The SMILES string of the molecule is Cc1ccc(N2C(=O)/C(=C/c3cccn3C(C)(C)C)C(=O)NC2=S)cc1. The van der Waals surface area contributed by atoms with E-state index in [1.165, 1.54) is 4.90 Å². The molecule has 134 valence electrons. The third-order valence-electron chi connectivity index (χ3n) is 4.19. The first-order chi connectivity index (χ1) is 12.2. The van der Waals surface area contributed by atoms with Crippen LogP contribution in [0.1, 0.15) is 32.0 Å². The fourth-order valence-electron chi connectivity index (χ4n) is 2.86. The molecule has 1 aromatic heterocycles. The van der Waals surface area contributed by atoms with Gasteiger partial charge in [-0.3, -0.25) is 19.8 Å². The van der Waals surface area contributed by atoms with E-state index in [0.717, 1.165) is 11.3 Å². The summed E-state index contributed by atoms with van der Waals surface area (Å²) in [7, 11) is 0. The van der Waals surface area contributed by atoms with Gasteiger partial charge in [-0.1, -0.05) is 17.7 Å². The lowest BCUT2D eigenvalue weighted by molar-refractivity contribution is -0.122. The highest BCUT2D eigenvalue weighted by molar-refractivity contribution is 7.80. The van der Waals surface area contributed by atoms with E-state index in [0.29, 0.717) is 5.69 Å². The molecule has 1 aliphatic rings. The molecule has 0 radical (unpaired) electrons. The van der Waals surface area contributed by atoms with E-state index in [-0.39, 0.29) is 16.2 Å². The van der Waals surface area contributed by atoms with Crippen molar-refractivity contribution in [3.8, 4) is 0 Å². The fourth-order valence-corrected chi connectivity index (χ4v) is 3.14. The molecule has 1 fully saturated rings. The van der Waals surface area contributed by atoms with Crippen molar-refractivity contribution in [1.82, 2.24) is 9.88 Å². The van der Waals surface area contributed by atoms with Crippen molar-refractivity contribution >= 4 is 40.9 Å². The Morgan fingerprint density at radius 1 is 1.08 bits per heavy atom. The maximum atomic E-state index is 13.0. The van der Waals surface area contributed by atoms with Gasteiger partial charge >= 0.3 is 0 Å². The number of aryl methyl sites for hydroxylation is 1. The van der Waals surface area contributed by atoms with Gasteiger partial charge in [-0.05, 0) is 70.3 Å². The summed E-state index contributed by atoms with van der Waals surface area (Å²) < 4.78 is 2.02. The number of rotatable bonds is 2. The van der Waals surface area contributed by atoms with Crippen LogP contribution in [0.25, 0.3) is 6.08 Å². The van der Waals surface area contributed by atoms with E-state index in [4.69, 9.17) is 12.2 Å². The van der Waals surface area contributed by atoms with Gasteiger partial charge in [0.1, 0.15) is 5.57 Å². The predicted octanol–water partition coefficient (Wildman–Crippen LogP) is 3.38. The number of hydrogen-bond donors (Lipinski definition) is 1. The minimum absolute atomic E-state index is 0.0587. The number of hydrogen-bond acceptors (Lipinski definition) is 3. The van der Waals surface area contributed by atoms with Gasteiger partial charge in [-0.15, -0.1) is 0 Å². The third-order valence-corrected chi connectivity index (χ3v) is 4.47. The number of nitrogens with one attached hydrogen (secondary N) is 1. The molecule has 0 saturated carbocycles. The van der Waals surface area contributed by atoms with Gasteiger partial charge in [0.15, 0.2) is 5.11 Å². The maximum absolute atomic E-state index is 13.0. The monoisotopic (exact) mass is 367 g/mol. The van der Waals surface area contributed by atoms with Crippen LogP contribution in [0.15, 0.2) is 48.2 Å². The molecule has 3 rings (SSSR count). The normalized spacial score (nSPS) is 17.0. The second-order valence-corrected chi connectivity index (χ2v) is 7.65. The molecule has 1 N–H and O–H groups in total. The van der Waals surface area contributed by atoms with Gasteiger partial charge in [0.05, 0.1) is 5.69 Å². The zero-order valence-electron chi connectivity index (χ0n) is 15.2. The Hall–Kier alpha value is -2.73. The Morgan fingerprint density at radius 2 is 1.73 bits per heavy atom. The average molecular weight is 367 g/mol. The summed E-state index contributed by atoms with van der Waals surface area (Å²) in [5.41, 5.74) is 2.38. The first-order valence-corrected chi connectivity index (χ1v) is 8.75. The van der Waals surface area contributed by atoms with Gasteiger partial charge in [0.2, 0.25) is 0 Å². The van der Waals surface area contributed by atoms with E-state index < -0.39 is 11.8 Å². The van der Waals surface area contributed by atoms with Crippen LogP contribution >= 0.6 is 12.2 Å². The molecule has 2 amide bonds. The predicted molar refractivity (Wildman–Crippen MR) is 107 cm³/mol. The van der Waals surface area contributed by atoms with E-state index in [2.05, 4.69) is 26.1 Å². The quantitative estimate of drug-likeness (QED) is 0.503. The van der Waals surface area contributed by atoms with Crippen molar-refractivity contribution in [2.45, 2.75) is 33.2 Å². The van der Waals surface area contributed by atoms with Crippen molar-refractivity contribution in [1.29, 1.82) is 0 Å². The molecule has 26 heavy (non-hydrogen) atoms. The molecular formula is C20H21N3O2S. The molecule has 0 bridgehead atoms. The fraction of sp³-hybridized carbons (Fsp3) is 0.250. The molecule has 0 unspecified atom stereocenters. The van der Waals surface area contributed by atoms with Crippen molar-refractivity contribution in [2.24, 2.45) is 0 Å². The summed E-state index contributed by atoms with van der Waals surface area (Å²) in [6, 6.07) is 11.2. The van der Waals surface area contributed by atoms with Gasteiger partial charge in [0, 0.05) is 17.4 Å². The van der Waals surface area contributed by atoms with Crippen molar-refractivity contribution in [3.05, 3.63) is 59.4 Å². The van der Waals surface area contributed by atoms with Crippen molar-refractivity contribution in [2.75, 3.05) is 4.90 Å². The molecule has 1 aliphatic heterocycles. The minimum Gasteiger partial charge on any atom is -0.343 e. The number of carbonyl (C=O) groups excluding carboxylic acids is 2. The average Bonchev–Trinajstić information content (AvgIpc) is 3.01. The van der Waals surface area contributed by atoms with E-state index in [9.17, 15) is 9.59 Å². The number of thiocarbonyl (C=S) groups is 1. The zero-order valence-corrected chi connectivity index (χ0v) is 16.1. The van der Waals surface area contributed by atoms with E-state index in [1.807, 2.05) is 54.1 Å². The number of amides is 2. The highest BCUT2D eigenvalue weighted by Gasteiger charge is 2.34. The number of anilines is 1. The molecule has 2 aromatic rings. The number of carbonyl (C=O) groups is 2. The summed E-state index contributed by atoms with van der Waals surface area (Å²) in [6.45, 7) is 8.15. The van der Waals surface area contributed by atoms with Crippen LogP contribution in [0.4, 0.5) is 5.69 Å². The van der Waals surface area contributed by atoms with Gasteiger partial charge in [0.25, 0.3) is 11.8 Å². The molecule has 5 nitrogen and oxygen atoms in total. The third kappa shape index (κ3) is 3.32. The van der Waals surface area contributed by atoms with Crippen LogP contribution in [0, 0.1) is 6.92 Å². The van der Waals surface area contributed by atoms with E-state index >= 15 is 0 Å². The maximum Gasteiger partial charge on any atom is 0.270 e. The van der Waals surface area contributed by atoms with Crippen molar-refractivity contribution in [3.63, 3.8) is 0 Å². The largest absolute Gasteiger partial charge is 0.343 e. The smallest absolute Gasteiger partial charge is 0.270 e. The first kappa shape index (κ1) is 18.1. The second-order valence-electron chi connectivity index (χ2n) is 7.27. The highest BCUT2D eigenvalue weighted by atomic mass is 32.1. The van der Waals surface area contributed by atoms with Crippen LogP contribution in [0.2, 0.25) is 0 Å². The molecule has 0 spiro atoms. The lowest BCUT2D eigenvalue weighted by Gasteiger charge is -2.29. The minimum atomic E-state index is -0.481. The number of benzene rings is 1. The Bertz CT molecular complexity index is 917. The Kier molecular flexibility index (Phi) is 4.54. The summed E-state index contributed by atoms with van der Waals surface area (Å²) in [4.78, 5) is 26.8. The van der Waals surface area contributed by atoms with Gasteiger partial charge in [-0.2, -0.15) is 0 Å². The van der Waals surface area contributed by atoms with Crippen LogP contribution in [0.5, 0.6) is 0 Å². The topological polar surface area (TPSA) is 54.3 Å². The summed E-state index contributed by atoms with van der Waals surface area (Å²) >= 11 is 5.22. The molecule has 0 atom stereocenters. The summed E-state index contributed by atoms with van der Waals surface area (Å²) in [6.07, 6.45) is 3.55. The van der Waals surface area contributed by atoms with Crippen LogP contribution < -0.4 is 10.2 Å².